The zero-order valence-corrected chi connectivity index (χ0v) is 20.8. The van der Waals surface area contributed by atoms with Crippen LogP contribution in [0.15, 0.2) is 40.9 Å². The minimum absolute atomic E-state index is 0.0863. The Morgan fingerprint density at radius 3 is 2.75 bits per heavy atom. The largest absolute Gasteiger partial charge is 0.493 e. The van der Waals surface area contributed by atoms with E-state index in [-0.39, 0.29) is 31.7 Å². The Morgan fingerprint density at radius 2 is 2.08 bits per heavy atom. The summed E-state index contributed by atoms with van der Waals surface area (Å²) in [6, 6.07) is 2.86. The van der Waals surface area contributed by atoms with Crippen LogP contribution in [0.25, 0.3) is 0 Å². The van der Waals surface area contributed by atoms with Gasteiger partial charge in [0.1, 0.15) is 16.5 Å². The van der Waals surface area contributed by atoms with Gasteiger partial charge in [-0.3, -0.25) is 10.00 Å². The third-order valence-corrected chi connectivity index (χ3v) is 9.47. The number of nitrogens with one attached hydrogen (secondary N) is 3. The quantitative estimate of drug-likeness (QED) is 0.484. The van der Waals surface area contributed by atoms with Crippen LogP contribution in [-0.4, -0.2) is 47.8 Å². The van der Waals surface area contributed by atoms with Crippen LogP contribution in [0, 0.1) is 11.7 Å². The second-order valence-corrected chi connectivity index (χ2v) is 12.2. The number of aromatic amines is 1. The van der Waals surface area contributed by atoms with E-state index in [1.165, 1.54) is 18.0 Å². The molecule has 0 amide bonds. The van der Waals surface area contributed by atoms with Crippen molar-refractivity contribution >= 4 is 21.8 Å². The molecule has 8 nitrogen and oxygen atoms in total. The minimum atomic E-state index is -4.32. The number of fused-ring (bicyclic) bond motifs is 1. The van der Waals surface area contributed by atoms with Crippen LogP contribution in [0.4, 0.5) is 17.6 Å². The van der Waals surface area contributed by atoms with Gasteiger partial charge in [-0.1, -0.05) is 11.8 Å². The number of hydrogen-bond donors (Lipinski definition) is 3. The number of alkyl halides is 3. The van der Waals surface area contributed by atoms with Crippen molar-refractivity contribution in [2.24, 2.45) is 5.92 Å². The fourth-order valence-electron chi connectivity index (χ4n) is 5.10. The molecule has 0 spiro atoms. The van der Waals surface area contributed by atoms with Gasteiger partial charge in [0.2, 0.25) is 10.0 Å². The summed E-state index contributed by atoms with van der Waals surface area (Å²) in [5.41, 5.74) is 0.957. The molecule has 1 aromatic heterocycles. The van der Waals surface area contributed by atoms with E-state index in [0.717, 1.165) is 12.1 Å². The smallest absolute Gasteiger partial charge is 0.391 e. The molecule has 196 valence electrons. The number of thioether (sulfide) groups is 1. The van der Waals surface area contributed by atoms with Crippen molar-refractivity contribution in [2.45, 2.75) is 54.3 Å². The van der Waals surface area contributed by atoms with Crippen molar-refractivity contribution in [1.29, 1.82) is 0 Å². The SMILES string of the molecule is CC1(NS(=O)(=O)c2cc3c(cc2F)[C@H](N2CC[C@H](C(F)(F)F)C[C@@H]2c2ccn[nH]2)CCO3)NC=CS1. The van der Waals surface area contributed by atoms with Gasteiger partial charge in [-0.05, 0) is 37.3 Å². The van der Waals surface area contributed by atoms with E-state index in [9.17, 15) is 21.6 Å². The fraction of sp³-hybridized carbons (Fsp3) is 0.500. The summed E-state index contributed by atoms with van der Waals surface area (Å²) in [5.74, 6) is -2.22. The van der Waals surface area contributed by atoms with Gasteiger partial charge in [0.25, 0.3) is 0 Å². The lowest BCUT2D eigenvalue weighted by Crippen LogP contribution is -2.50. The third kappa shape index (κ3) is 4.83. The van der Waals surface area contributed by atoms with Gasteiger partial charge in [-0.15, -0.1) is 0 Å². The first-order valence-electron chi connectivity index (χ1n) is 11.4. The summed E-state index contributed by atoms with van der Waals surface area (Å²) in [5, 5.41) is 11.2. The predicted octanol–water partition coefficient (Wildman–Crippen LogP) is 4.15. The normalized spacial score (nSPS) is 29.0. The first kappa shape index (κ1) is 25.4. The molecule has 0 aliphatic carbocycles. The van der Waals surface area contributed by atoms with Crippen molar-refractivity contribution in [3.8, 4) is 5.75 Å². The second-order valence-electron chi connectivity index (χ2n) is 9.21. The fourth-order valence-corrected chi connectivity index (χ4v) is 7.42. The lowest BCUT2D eigenvalue weighted by atomic mass is 9.85. The lowest BCUT2D eigenvalue weighted by Gasteiger charge is -2.45. The number of nitrogens with zero attached hydrogens (tertiary/aromatic N) is 2. The Bertz CT molecular complexity index is 1250. The Morgan fingerprint density at radius 1 is 1.28 bits per heavy atom. The van der Waals surface area contributed by atoms with E-state index in [4.69, 9.17) is 4.74 Å². The highest BCUT2D eigenvalue weighted by Crippen LogP contribution is 2.48. The van der Waals surface area contributed by atoms with Crippen LogP contribution in [0.1, 0.15) is 49.5 Å². The van der Waals surface area contributed by atoms with Crippen molar-refractivity contribution in [3.05, 3.63) is 53.1 Å². The van der Waals surface area contributed by atoms with E-state index in [0.29, 0.717) is 17.7 Å². The molecule has 2 aromatic rings. The van der Waals surface area contributed by atoms with Crippen LogP contribution in [0.2, 0.25) is 0 Å². The van der Waals surface area contributed by atoms with E-state index in [1.54, 1.807) is 24.6 Å². The van der Waals surface area contributed by atoms with E-state index < -0.39 is 49.9 Å². The first-order chi connectivity index (χ1) is 17.0. The highest BCUT2D eigenvalue weighted by atomic mass is 32.2. The standard InChI is InChI=1S/C22H25F4N5O3S2/c1-21(27-6-9-35-21)30-36(32,33)20-12-19-14(11-15(20)23)17(4-8-34-19)31-7-3-13(22(24,25)26)10-18(31)16-2-5-28-29-16/h2,5-6,9,11-13,17-18,27,30H,3-4,7-8,10H2,1H3,(H,28,29)/t13-,17+,18+,21?/m0/s1. The van der Waals surface area contributed by atoms with Gasteiger partial charge in [0, 0.05) is 43.0 Å². The molecule has 1 saturated heterocycles. The Kier molecular flexibility index (Phi) is 6.50. The number of ether oxygens (including phenoxy) is 1. The van der Waals surface area contributed by atoms with Crippen molar-refractivity contribution in [1.82, 2.24) is 25.1 Å². The molecule has 1 aromatic carbocycles. The Balaban J connectivity index is 1.47. The summed E-state index contributed by atoms with van der Waals surface area (Å²) < 4.78 is 90.2. The topological polar surface area (TPSA) is 99.4 Å². The molecule has 1 unspecified atom stereocenters. The number of likely N-dealkylation sites (tertiary alicyclic amines) is 1. The first-order valence-corrected chi connectivity index (χ1v) is 13.8. The number of sulfonamides is 1. The number of piperidine rings is 1. The lowest BCUT2D eigenvalue weighted by molar-refractivity contribution is -0.192. The molecule has 3 aliphatic heterocycles. The van der Waals surface area contributed by atoms with Gasteiger partial charge in [0.15, 0.2) is 4.99 Å². The van der Waals surface area contributed by atoms with Gasteiger partial charge in [-0.2, -0.15) is 23.0 Å². The molecule has 5 rings (SSSR count). The van der Waals surface area contributed by atoms with Crippen LogP contribution >= 0.6 is 11.8 Å². The van der Waals surface area contributed by atoms with Crippen molar-refractivity contribution < 1.29 is 30.7 Å². The third-order valence-electron chi connectivity index (χ3n) is 6.81. The number of rotatable bonds is 5. The van der Waals surface area contributed by atoms with E-state index in [1.807, 2.05) is 4.90 Å². The molecule has 1 fully saturated rings. The van der Waals surface area contributed by atoms with Crippen molar-refractivity contribution in [3.63, 3.8) is 0 Å². The molecule has 0 saturated carbocycles. The summed E-state index contributed by atoms with van der Waals surface area (Å²) in [4.78, 5) is 0.290. The molecule has 36 heavy (non-hydrogen) atoms. The zero-order valence-electron chi connectivity index (χ0n) is 19.2. The summed E-state index contributed by atoms with van der Waals surface area (Å²) in [7, 11) is -4.26. The molecule has 3 N–H and O–H groups in total. The molecule has 4 heterocycles. The Hall–Kier alpha value is -2.29. The Labute approximate surface area is 209 Å². The number of hydrogen-bond acceptors (Lipinski definition) is 7. The van der Waals surface area contributed by atoms with E-state index >= 15 is 4.39 Å². The monoisotopic (exact) mass is 547 g/mol. The van der Waals surface area contributed by atoms with E-state index in [2.05, 4.69) is 20.2 Å². The number of halogens is 4. The van der Waals surface area contributed by atoms with Crippen LogP contribution in [-0.2, 0) is 10.0 Å². The number of benzene rings is 1. The number of aromatic nitrogens is 2. The second kappa shape index (κ2) is 9.23. The van der Waals surface area contributed by atoms with Crippen LogP contribution in [0.3, 0.4) is 0 Å². The maximum absolute atomic E-state index is 15.3. The summed E-state index contributed by atoms with van der Waals surface area (Å²) in [6.07, 6.45) is -1.07. The molecule has 14 heteroatoms. The van der Waals surface area contributed by atoms with Gasteiger partial charge < -0.3 is 10.1 Å². The van der Waals surface area contributed by atoms with Crippen LogP contribution < -0.4 is 14.8 Å². The molecule has 4 atom stereocenters. The number of H-pyrrole nitrogens is 1. The van der Waals surface area contributed by atoms with Crippen LogP contribution in [0.5, 0.6) is 5.75 Å². The highest BCUT2D eigenvalue weighted by molar-refractivity contribution is 8.04. The molecule has 0 radical (unpaired) electrons. The summed E-state index contributed by atoms with van der Waals surface area (Å²) >= 11 is 1.19. The average Bonchev–Trinajstić information content (AvgIpc) is 3.49. The summed E-state index contributed by atoms with van der Waals surface area (Å²) in [6.45, 7) is 1.96. The maximum Gasteiger partial charge on any atom is 0.391 e. The van der Waals surface area contributed by atoms with Gasteiger partial charge in [0.05, 0.1) is 24.3 Å². The average molecular weight is 548 g/mol. The molecule has 0 bridgehead atoms. The minimum Gasteiger partial charge on any atom is -0.493 e. The zero-order chi connectivity index (χ0) is 25.7. The molecule has 3 aliphatic rings. The maximum atomic E-state index is 15.3. The van der Waals surface area contributed by atoms with Gasteiger partial charge >= 0.3 is 6.18 Å². The molecular formula is C22H25F4N5O3S2. The van der Waals surface area contributed by atoms with Gasteiger partial charge in [-0.25, -0.2) is 12.8 Å². The highest BCUT2D eigenvalue weighted by Gasteiger charge is 2.47. The predicted molar refractivity (Wildman–Crippen MR) is 125 cm³/mol. The molecular weight excluding hydrogens is 522 g/mol. The van der Waals surface area contributed by atoms with Crippen molar-refractivity contribution in [2.75, 3.05) is 13.2 Å².